The summed E-state index contributed by atoms with van der Waals surface area (Å²) in [5, 5.41) is 16.5. The van der Waals surface area contributed by atoms with Gasteiger partial charge in [-0.25, -0.2) is 0 Å². The fourth-order valence-corrected chi connectivity index (χ4v) is 2.00. The SMILES string of the molecule is O=C(NCc1cccc([N+](=O)[O-])c1)[C@@H]1CCCN1. The van der Waals surface area contributed by atoms with Crippen molar-refractivity contribution in [1.29, 1.82) is 0 Å². The first-order chi connectivity index (χ1) is 8.66. The zero-order valence-electron chi connectivity index (χ0n) is 9.89. The molecule has 1 saturated heterocycles. The summed E-state index contributed by atoms with van der Waals surface area (Å²) >= 11 is 0. The summed E-state index contributed by atoms with van der Waals surface area (Å²) in [7, 11) is 0. The molecule has 96 valence electrons. The highest BCUT2D eigenvalue weighted by atomic mass is 16.6. The van der Waals surface area contributed by atoms with Crippen molar-refractivity contribution in [2.45, 2.75) is 25.4 Å². The van der Waals surface area contributed by atoms with E-state index in [0.29, 0.717) is 6.54 Å². The van der Waals surface area contributed by atoms with Gasteiger partial charge in [0.25, 0.3) is 5.69 Å². The van der Waals surface area contributed by atoms with Gasteiger partial charge in [-0.05, 0) is 24.9 Å². The van der Waals surface area contributed by atoms with E-state index in [-0.39, 0.29) is 17.6 Å². The lowest BCUT2D eigenvalue weighted by molar-refractivity contribution is -0.384. The van der Waals surface area contributed by atoms with Crippen LogP contribution in [0.3, 0.4) is 0 Å². The highest BCUT2D eigenvalue weighted by Gasteiger charge is 2.21. The monoisotopic (exact) mass is 249 g/mol. The molecule has 1 aliphatic heterocycles. The molecule has 0 saturated carbocycles. The Labute approximate surface area is 105 Å². The van der Waals surface area contributed by atoms with Crippen LogP contribution in [-0.2, 0) is 11.3 Å². The molecule has 0 unspecified atom stereocenters. The van der Waals surface area contributed by atoms with Crippen LogP contribution >= 0.6 is 0 Å². The van der Waals surface area contributed by atoms with Crippen molar-refractivity contribution in [3.8, 4) is 0 Å². The average molecular weight is 249 g/mol. The normalized spacial score (nSPS) is 18.6. The Balaban J connectivity index is 1.91. The van der Waals surface area contributed by atoms with Crippen LogP contribution in [0.1, 0.15) is 18.4 Å². The minimum atomic E-state index is -0.441. The first-order valence-corrected chi connectivity index (χ1v) is 5.91. The van der Waals surface area contributed by atoms with E-state index in [0.717, 1.165) is 24.9 Å². The molecule has 1 aromatic carbocycles. The Morgan fingerprint density at radius 2 is 2.39 bits per heavy atom. The van der Waals surface area contributed by atoms with Crippen molar-refractivity contribution >= 4 is 11.6 Å². The molecule has 0 bridgehead atoms. The Morgan fingerprint density at radius 1 is 1.56 bits per heavy atom. The molecule has 1 amide bonds. The van der Waals surface area contributed by atoms with E-state index in [2.05, 4.69) is 10.6 Å². The summed E-state index contributed by atoms with van der Waals surface area (Å²) in [5.41, 5.74) is 0.774. The number of carbonyl (C=O) groups is 1. The third-order valence-electron chi connectivity index (χ3n) is 2.96. The Kier molecular flexibility index (Phi) is 3.88. The Bertz CT molecular complexity index is 456. The van der Waals surface area contributed by atoms with E-state index in [4.69, 9.17) is 0 Å². The average Bonchev–Trinajstić information content (AvgIpc) is 2.90. The van der Waals surface area contributed by atoms with Crippen molar-refractivity contribution in [2.24, 2.45) is 0 Å². The zero-order chi connectivity index (χ0) is 13.0. The third kappa shape index (κ3) is 3.04. The van der Waals surface area contributed by atoms with Crippen molar-refractivity contribution in [3.63, 3.8) is 0 Å². The molecule has 18 heavy (non-hydrogen) atoms. The molecule has 0 aromatic heterocycles. The first-order valence-electron chi connectivity index (χ1n) is 5.91. The fraction of sp³-hybridized carbons (Fsp3) is 0.417. The number of nitro benzene ring substituents is 1. The van der Waals surface area contributed by atoms with E-state index in [9.17, 15) is 14.9 Å². The summed E-state index contributed by atoms with van der Waals surface area (Å²) < 4.78 is 0. The molecule has 0 spiro atoms. The van der Waals surface area contributed by atoms with E-state index in [1.807, 2.05) is 0 Å². The summed E-state index contributed by atoms with van der Waals surface area (Å²) in [6.45, 7) is 1.19. The first kappa shape index (κ1) is 12.5. The predicted molar refractivity (Wildman–Crippen MR) is 66.0 cm³/mol. The van der Waals surface area contributed by atoms with Crippen LogP contribution in [0.5, 0.6) is 0 Å². The molecule has 1 heterocycles. The molecule has 1 fully saturated rings. The number of hydrogen-bond acceptors (Lipinski definition) is 4. The van der Waals surface area contributed by atoms with Crippen molar-refractivity contribution in [3.05, 3.63) is 39.9 Å². The molecule has 0 aliphatic carbocycles. The molecule has 6 heteroatoms. The highest BCUT2D eigenvalue weighted by Crippen LogP contribution is 2.13. The minimum absolute atomic E-state index is 0.0424. The van der Waals surface area contributed by atoms with Crippen LogP contribution in [-0.4, -0.2) is 23.4 Å². The lowest BCUT2D eigenvalue weighted by atomic mass is 10.2. The number of carbonyl (C=O) groups excluding carboxylic acids is 1. The van der Waals surface area contributed by atoms with Crippen molar-refractivity contribution in [2.75, 3.05) is 6.54 Å². The number of non-ortho nitro benzene ring substituents is 1. The quantitative estimate of drug-likeness (QED) is 0.615. The van der Waals surface area contributed by atoms with Gasteiger partial charge in [-0.2, -0.15) is 0 Å². The maximum absolute atomic E-state index is 11.7. The minimum Gasteiger partial charge on any atom is -0.351 e. The molecule has 2 N–H and O–H groups in total. The van der Waals surface area contributed by atoms with Gasteiger partial charge in [0.05, 0.1) is 11.0 Å². The molecule has 6 nitrogen and oxygen atoms in total. The number of nitrogens with zero attached hydrogens (tertiary/aromatic N) is 1. The Morgan fingerprint density at radius 3 is 3.06 bits per heavy atom. The highest BCUT2D eigenvalue weighted by molar-refractivity contribution is 5.81. The number of nitro groups is 1. The van der Waals surface area contributed by atoms with Gasteiger partial charge in [-0.3, -0.25) is 14.9 Å². The molecular formula is C12H15N3O3. The molecule has 0 radical (unpaired) electrons. The maximum atomic E-state index is 11.7. The lowest BCUT2D eigenvalue weighted by Crippen LogP contribution is -2.39. The Hall–Kier alpha value is -1.95. The molecule has 1 aliphatic rings. The van der Waals surface area contributed by atoms with E-state index < -0.39 is 4.92 Å². The smallest absolute Gasteiger partial charge is 0.269 e. The molecule has 1 atom stereocenters. The number of amides is 1. The van der Waals surface area contributed by atoms with E-state index in [1.165, 1.54) is 12.1 Å². The second kappa shape index (κ2) is 5.59. The van der Waals surface area contributed by atoms with Crippen LogP contribution < -0.4 is 10.6 Å². The van der Waals surface area contributed by atoms with Crippen molar-refractivity contribution < 1.29 is 9.72 Å². The van der Waals surface area contributed by atoms with Crippen LogP contribution in [0.2, 0.25) is 0 Å². The predicted octanol–water partition coefficient (Wildman–Crippen LogP) is 0.963. The van der Waals surface area contributed by atoms with E-state index in [1.54, 1.807) is 12.1 Å². The standard InChI is InChI=1S/C12H15N3O3/c16-12(11-5-2-6-13-11)14-8-9-3-1-4-10(7-9)15(17)18/h1,3-4,7,11,13H,2,5-6,8H2,(H,14,16)/t11-/m0/s1. The second-order valence-electron chi connectivity index (χ2n) is 4.29. The maximum Gasteiger partial charge on any atom is 0.269 e. The number of nitrogens with one attached hydrogen (secondary N) is 2. The molecule has 2 rings (SSSR count). The third-order valence-corrected chi connectivity index (χ3v) is 2.96. The van der Waals surface area contributed by atoms with Gasteiger partial charge in [0, 0.05) is 18.7 Å². The number of benzene rings is 1. The number of rotatable bonds is 4. The van der Waals surface area contributed by atoms with Crippen LogP contribution in [0.25, 0.3) is 0 Å². The topological polar surface area (TPSA) is 84.3 Å². The second-order valence-corrected chi connectivity index (χ2v) is 4.29. The number of hydrogen-bond donors (Lipinski definition) is 2. The van der Waals surface area contributed by atoms with Gasteiger partial charge < -0.3 is 10.6 Å². The summed E-state index contributed by atoms with van der Waals surface area (Å²) in [5.74, 6) is -0.0426. The summed E-state index contributed by atoms with van der Waals surface area (Å²) in [6, 6.07) is 6.17. The van der Waals surface area contributed by atoms with Crippen LogP contribution in [0.15, 0.2) is 24.3 Å². The van der Waals surface area contributed by atoms with Gasteiger partial charge in [0.1, 0.15) is 0 Å². The fourth-order valence-electron chi connectivity index (χ4n) is 2.00. The van der Waals surface area contributed by atoms with E-state index >= 15 is 0 Å². The van der Waals surface area contributed by atoms with Crippen molar-refractivity contribution in [1.82, 2.24) is 10.6 Å². The van der Waals surface area contributed by atoms with Crippen LogP contribution in [0.4, 0.5) is 5.69 Å². The lowest BCUT2D eigenvalue weighted by Gasteiger charge is -2.10. The molecular weight excluding hydrogens is 234 g/mol. The van der Waals surface area contributed by atoms with Gasteiger partial charge >= 0.3 is 0 Å². The van der Waals surface area contributed by atoms with Gasteiger partial charge in [-0.15, -0.1) is 0 Å². The molecule has 1 aromatic rings. The largest absolute Gasteiger partial charge is 0.351 e. The summed E-state index contributed by atoms with van der Waals surface area (Å²) in [4.78, 5) is 21.9. The van der Waals surface area contributed by atoms with Gasteiger partial charge in [0.2, 0.25) is 5.91 Å². The zero-order valence-corrected chi connectivity index (χ0v) is 9.89. The van der Waals surface area contributed by atoms with Gasteiger partial charge in [0.15, 0.2) is 0 Å². The summed E-state index contributed by atoms with van der Waals surface area (Å²) in [6.07, 6.45) is 1.86. The van der Waals surface area contributed by atoms with Crippen LogP contribution in [0, 0.1) is 10.1 Å². The van der Waals surface area contributed by atoms with Gasteiger partial charge in [-0.1, -0.05) is 12.1 Å².